The maximum absolute atomic E-state index is 11.0. The summed E-state index contributed by atoms with van der Waals surface area (Å²) in [7, 11) is 0. The van der Waals surface area contributed by atoms with E-state index < -0.39 is 5.91 Å². The van der Waals surface area contributed by atoms with E-state index in [0.29, 0.717) is 16.5 Å². The number of nitrogens with zero attached hydrogens (tertiary/aromatic N) is 2. The van der Waals surface area contributed by atoms with Gasteiger partial charge < -0.3 is 5.32 Å². The molecule has 0 aliphatic carbocycles. The Morgan fingerprint density at radius 1 is 1.63 bits per heavy atom. The number of aryl methyl sites for hydroxylation is 1. The van der Waals surface area contributed by atoms with E-state index in [0.717, 1.165) is 16.6 Å². The minimum atomic E-state index is -0.531. The Bertz CT molecular complexity index is 629. The highest BCUT2D eigenvalue weighted by Gasteiger charge is 2.14. The molecule has 2 aromatic heterocycles. The predicted octanol–water partition coefficient (Wildman–Crippen LogP) is 2.23. The lowest BCUT2D eigenvalue weighted by atomic mass is 10.3. The van der Waals surface area contributed by atoms with Crippen molar-refractivity contribution in [1.29, 1.82) is 0 Å². The second kappa shape index (κ2) is 5.77. The molecule has 0 radical (unpaired) electrons. The Kier molecular flexibility index (Phi) is 4.28. The van der Waals surface area contributed by atoms with Gasteiger partial charge in [0.05, 0.1) is 21.7 Å². The maximum Gasteiger partial charge on any atom is 0.262 e. The number of hydrogen-bond acceptors (Lipinski definition) is 4. The summed E-state index contributed by atoms with van der Waals surface area (Å²) in [6, 6.07) is 1.76. The van der Waals surface area contributed by atoms with Crippen molar-refractivity contribution < 1.29 is 10.0 Å². The summed E-state index contributed by atoms with van der Waals surface area (Å²) in [5, 5.41) is 11.9. The zero-order valence-electron chi connectivity index (χ0n) is 10.1. The molecule has 0 spiro atoms. The van der Waals surface area contributed by atoms with Gasteiger partial charge >= 0.3 is 0 Å². The summed E-state index contributed by atoms with van der Waals surface area (Å²) in [5.74, 6) is 0.0604. The molecule has 0 fully saturated rings. The number of anilines is 1. The van der Waals surface area contributed by atoms with Crippen LogP contribution in [0.3, 0.4) is 0 Å². The highest BCUT2D eigenvalue weighted by molar-refractivity contribution is 9.10. The number of fused-ring (bicyclic) bond motifs is 1. The summed E-state index contributed by atoms with van der Waals surface area (Å²) in [6.45, 7) is 1.92. The average Bonchev–Trinajstić information content (AvgIpc) is 2.73. The van der Waals surface area contributed by atoms with Gasteiger partial charge in [0.1, 0.15) is 5.82 Å². The van der Waals surface area contributed by atoms with Crippen molar-refractivity contribution in [2.24, 2.45) is 0 Å². The Balaban J connectivity index is 2.44. The first-order valence-corrected chi connectivity index (χ1v) is 6.76. The third-order valence-electron chi connectivity index (χ3n) is 2.62. The molecule has 0 unspecified atom stereocenters. The Morgan fingerprint density at radius 3 is 3.00 bits per heavy atom. The third-order valence-corrected chi connectivity index (χ3v) is 3.41. The number of hydroxylamine groups is 1. The zero-order valence-corrected chi connectivity index (χ0v) is 12.4. The van der Waals surface area contributed by atoms with E-state index >= 15 is 0 Å². The predicted molar refractivity (Wildman–Crippen MR) is 75.7 cm³/mol. The normalized spacial score (nSPS) is 10.7. The number of rotatable bonds is 4. The first kappa shape index (κ1) is 14.1. The SMILES string of the molecule is CCc1c(NCC(=O)NO)nc2c(Br)cc(Cl)cn12. The molecule has 19 heavy (non-hydrogen) atoms. The number of nitrogens with one attached hydrogen (secondary N) is 2. The van der Waals surface area contributed by atoms with Crippen LogP contribution < -0.4 is 10.8 Å². The number of carbonyl (C=O) groups excluding carboxylic acids is 1. The molecule has 8 heteroatoms. The van der Waals surface area contributed by atoms with Crippen LogP contribution >= 0.6 is 27.5 Å². The lowest BCUT2D eigenvalue weighted by Gasteiger charge is -2.04. The fourth-order valence-corrected chi connectivity index (χ4v) is 2.67. The van der Waals surface area contributed by atoms with E-state index in [1.54, 1.807) is 17.7 Å². The van der Waals surface area contributed by atoms with Crippen molar-refractivity contribution in [2.45, 2.75) is 13.3 Å². The summed E-state index contributed by atoms with van der Waals surface area (Å²) >= 11 is 9.42. The molecule has 2 heterocycles. The van der Waals surface area contributed by atoms with Crippen LogP contribution in [0.4, 0.5) is 5.82 Å². The molecule has 0 aliphatic heterocycles. The smallest absolute Gasteiger partial charge is 0.262 e. The number of halogens is 2. The summed E-state index contributed by atoms with van der Waals surface area (Å²) in [6.07, 6.45) is 2.49. The molecular weight excluding hydrogens is 336 g/mol. The van der Waals surface area contributed by atoms with Gasteiger partial charge in [0.15, 0.2) is 5.65 Å². The molecule has 6 nitrogen and oxygen atoms in total. The quantitative estimate of drug-likeness (QED) is 0.585. The lowest BCUT2D eigenvalue weighted by molar-refractivity contribution is -0.127. The van der Waals surface area contributed by atoms with Gasteiger partial charge in [-0.1, -0.05) is 18.5 Å². The summed E-state index contributed by atoms with van der Waals surface area (Å²) in [4.78, 5) is 15.4. The van der Waals surface area contributed by atoms with Crippen LogP contribution in [0.1, 0.15) is 12.6 Å². The number of hydrogen-bond donors (Lipinski definition) is 3. The molecule has 0 bridgehead atoms. The second-order valence-corrected chi connectivity index (χ2v) is 5.14. The average molecular weight is 348 g/mol. The van der Waals surface area contributed by atoms with Crippen molar-refractivity contribution in [3.63, 3.8) is 0 Å². The Labute approximate surface area is 122 Å². The maximum atomic E-state index is 11.0. The van der Waals surface area contributed by atoms with Crippen molar-refractivity contribution in [3.05, 3.63) is 27.5 Å². The molecule has 0 aromatic carbocycles. The first-order chi connectivity index (χ1) is 9.06. The molecule has 2 aromatic rings. The van der Waals surface area contributed by atoms with Gasteiger partial charge in [0.25, 0.3) is 5.91 Å². The largest absolute Gasteiger partial charge is 0.359 e. The number of aromatic nitrogens is 2. The van der Waals surface area contributed by atoms with Gasteiger partial charge in [-0.2, -0.15) is 0 Å². The van der Waals surface area contributed by atoms with Gasteiger partial charge in [0, 0.05) is 6.20 Å². The highest BCUT2D eigenvalue weighted by atomic mass is 79.9. The van der Waals surface area contributed by atoms with E-state index in [4.69, 9.17) is 16.8 Å². The highest BCUT2D eigenvalue weighted by Crippen LogP contribution is 2.27. The fraction of sp³-hybridized carbons (Fsp3) is 0.273. The molecule has 1 amide bonds. The van der Waals surface area contributed by atoms with Crippen LogP contribution in [0.2, 0.25) is 5.02 Å². The monoisotopic (exact) mass is 346 g/mol. The standard InChI is InChI=1S/C11H12BrClN4O2/c1-2-8-10(14-4-9(18)16-19)15-11-7(12)3-6(13)5-17(8)11/h3,5,14,19H,2,4H2,1H3,(H,16,18). The van der Waals surface area contributed by atoms with Crippen molar-refractivity contribution in [2.75, 3.05) is 11.9 Å². The molecule has 3 N–H and O–H groups in total. The van der Waals surface area contributed by atoms with Crippen LogP contribution in [0.15, 0.2) is 16.7 Å². The van der Waals surface area contributed by atoms with Crippen LogP contribution in [-0.2, 0) is 11.2 Å². The number of carbonyl (C=O) groups is 1. The van der Waals surface area contributed by atoms with Crippen molar-refractivity contribution >= 4 is 44.9 Å². The minimum Gasteiger partial charge on any atom is -0.359 e. The van der Waals surface area contributed by atoms with Gasteiger partial charge in [-0.25, -0.2) is 10.5 Å². The fourth-order valence-electron chi connectivity index (χ4n) is 1.80. The van der Waals surface area contributed by atoms with E-state index in [2.05, 4.69) is 26.2 Å². The lowest BCUT2D eigenvalue weighted by Crippen LogP contribution is -2.27. The van der Waals surface area contributed by atoms with Crippen LogP contribution in [-0.4, -0.2) is 27.0 Å². The van der Waals surface area contributed by atoms with Gasteiger partial charge in [-0.3, -0.25) is 14.4 Å². The molecule has 0 aliphatic rings. The van der Waals surface area contributed by atoms with Gasteiger partial charge in [-0.15, -0.1) is 0 Å². The molecule has 0 saturated heterocycles. The number of imidazole rings is 1. The van der Waals surface area contributed by atoms with Crippen LogP contribution in [0, 0.1) is 0 Å². The topological polar surface area (TPSA) is 78.7 Å². The molecular formula is C11H12BrClN4O2. The van der Waals surface area contributed by atoms with Crippen LogP contribution in [0.5, 0.6) is 0 Å². The number of amides is 1. The number of pyridine rings is 1. The van der Waals surface area contributed by atoms with Crippen LogP contribution in [0.25, 0.3) is 5.65 Å². The Hall–Kier alpha value is -1.31. The second-order valence-electron chi connectivity index (χ2n) is 3.85. The van der Waals surface area contributed by atoms with E-state index in [1.807, 2.05) is 11.3 Å². The van der Waals surface area contributed by atoms with Gasteiger partial charge in [0.2, 0.25) is 0 Å². The molecule has 2 rings (SSSR count). The molecule has 102 valence electrons. The van der Waals surface area contributed by atoms with E-state index in [-0.39, 0.29) is 6.54 Å². The van der Waals surface area contributed by atoms with E-state index in [9.17, 15) is 4.79 Å². The zero-order chi connectivity index (χ0) is 14.0. The molecule has 0 atom stereocenters. The minimum absolute atomic E-state index is 0.0568. The van der Waals surface area contributed by atoms with Crippen molar-refractivity contribution in [3.8, 4) is 0 Å². The summed E-state index contributed by atoms with van der Waals surface area (Å²) < 4.78 is 2.64. The first-order valence-electron chi connectivity index (χ1n) is 5.59. The summed E-state index contributed by atoms with van der Waals surface area (Å²) in [5.41, 5.74) is 3.18. The van der Waals surface area contributed by atoms with Gasteiger partial charge in [-0.05, 0) is 28.4 Å². The third kappa shape index (κ3) is 2.83. The Morgan fingerprint density at radius 2 is 2.37 bits per heavy atom. The molecule has 0 saturated carbocycles. The van der Waals surface area contributed by atoms with E-state index in [1.165, 1.54) is 0 Å². The van der Waals surface area contributed by atoms with Crippen molar-refractivity contribution in [1.82, 2.24) is 14.9 Å².